The third-order valence-electron chi connectivity index (χ3n) is 5.48. The van der Waals surface area contributed by atoms with Gasteiger partial charge in [-0.2, -0.15) is 8.42 Å². The summed E-state index contributed by atoms with van der Waals surface area (Å²) in [6, 6.07) is 6.17. The van der Waals surface area contributed by atoms with E-state index in [2.05, 4.69) is 4.18 Å². The van der Waals surface area contributed by atoms with Gasteiger partial charge in [-0.25, -0.2) is 4.18 Å². The van der Waals surface area contributed by atoms with Crippen LogP contribution in [0.3, 0.4) is 0 Å². The fourth-order valence-electron chi connectivity index (χ4n) is 3.68. The summed E-state index contributed by atoms with van der Waals surface area (Å²) in [5, 5.41) is 61.0. The normalized spacial score (nSPS) is 38.2. The average Bonchev–Trinajstić information content (AvgIpc) is 2.82. The maximum absolute atomic E-state index is 11.0. The average molecular weight is 528 g/mol. The van der Waals surface area contributed by atoms with Crippen molar-refractivity contribution >= 4 is 10.4 Å². The molecule has 7 N–H and O–H groups in total. The van der Waals surface area contributed by atoms with Gasteiger partial charge >= 0.3 is 10.4 Å². The summed E-state index contributed by atoms with van der Waals surface area (Å²) >= 11 is 0. The number of rotatable bonds is 9. The molecule has 15 nitrogen and oxygen atoms in total. The van der Waals surface area contributed by atoms with E-state index in [9.17, 15) is 39.1 Å². The molecule has 200 valence electrons. The third kappa shape index (κ3) is 6.56. The van der Waals surface area contributed by atoms with Gasteiger partial charge in [-0.1, -0.05) is 0 Å². The SMILES string of the molecule is COc1ccc(O[C@@H]2O[C@H](CO)[C@H](O)[C@H](O[C@@H]3O[C@H](CO)[C@H](OS(=O)(=O)O)[C@H](O)[C@H]3O)[C@H]2O)cc1. The summed E-state index contributed by atoms with van der Waals surface area (Å²) in [4.78, 5) is 0. The Morgan fingerprint density at radius 2 is 1.37 bits per heavy atom. The van der Waals surface area contributed by atoms with Crippen molar-refractivity contribution < 1.29 is 71.5 Å². The lowest BCUT2D eigenvalue weighted by Gasteiger charge is -2.46. The zero-order valence-corrected chi connectivity index (χ0v) is 19.1. The molecule has 0 saturated carbocycles. The molecule has 35 heavy (non-hydrogen) atoms. The van der Waals surface area contributed by atoms with Crippen molar-refractivity contribution in [3.05, 3.63) is 24.3 Å². The quantitative estimate of drug-likeness (QED) is 0.154. The second-order valence-electron chi connectivity index (χ2n) is 7.80. The Morgan fingerprint density at radius 3 is 1.91 bits per heavy atom. The van der Waals surface area contributed by atoms with Crippen molar-refractivity contribution in [1.29, 1.82) is 0 Å². The number of aliphatic hydroxyl groups is 6. The van der Waals surface area contributed by atoms with Gasteiger partial charge in [0.2, 0.25) is 6.29 Å². The van der Waals surface area contributed by atoms with Crippen molar-refractivity contribution in [3.8, 4) is 11.5 Å². The van der Waals surface area contributed by atoms with E-state index in [-0.39, 0.29) is 5.75 Å². The summed E-state index contributed by atoms with van der Waals surface area (Å²) in [5.41, 5.74) is 0. The molecule has 0 spiro atoms. The van der Waals surface area contributed by atoms with Crippen LogP contribution < -0.4 is 9.47 Å². The molecule has 16 heteroatoms. The summed E-state index contributed by atoms with van der Waals surface area (Å²) in [6.07, 6.45) is -17.2. The molecule has 0 radical (unpaired) electrons. The maximum Gasteiger partial charge on any atom is 0.397 e. The number of hydrogen-bond donors (Lipinski definition) is 7. The van der Waals surface area contributed by atoms with E-state index in [4.69, 9.17) is 28.2 Å². The predicted molar refractivity (Wildman–Crippen MR) is 110 cm³/mol. The van der Waals surface area contributed by atoms with E-state index in [0.717, 1.165) is 0 Å². The highest BCUT2D eigenvalue weighted by atomic mass is 32.3. The predicted octanol–water partition coefficient (Wildman–Crippen LogP) is -3.47. The molecule has 2 aliphatic heterocycles. The van der Waals surface area contributed by atoms with Crippen molar-refractivity contribution in [2.75, 3.05) is 20.3 Å². The maximum atomic E-state index is 11.0. The molecule has 1 aromatic carbocycles. The highest BCUT2D eigenvalue weighted by Gasteiger charge is 2.52. The van der Waals surface area contributed by atoms with E-state index < -0.39 is 85.0 Å². The van der Waals surface area contributed by atoms with Gasteiger partial charge in [0.25, 0.3) is 0 Å². The Bertz CT molecular complexity index is 909. The Labute approximate surface area is 199 Å². The first-order valence-corrected chi connectivity index (χ1v) is 11.7. The Hall–Kier alpha value is -1.67. The summed E-state index contributed by atoms with van der Waals surface area (Å²) < 4.78 is 62.0. The molecular weight excluding hydrogens is 500 g/mol. The van der Waals surface area contributed by atoms with Gasteiger partial charge in [0.1, 0.15) is 60.3 Å². The van der Waals surface area contributed by atoms with Crippen LogP contribution in [0.2, 0.25) is 0 Å². The van der Waals surface area contributed by atoms with Gasteiger partial charge in [-0.15, -0.1) is 0 Å². The zero-order chi connectivity index (χ0) is 25.9. The molecule has 2 saturated heterocycles. The second kappa shape index (κ2) is 11.6. The summed E-state index contributed by atoms with van der Waals surface area (Å²) in [7, 11) is -3.62. The lowest BCUT2D eigenvalue weighted by atomic mass is 9.97. The van der Waals surface area contributed by atoms with Gasteiger partial charge in [0, 0.05) is 0 Å². The number of hydrogen-bond acceptors (Lipinski definition) is 14. The second-order valence-corrected chi connectivity index (χ2v) is 8.84. The Kier molecular flexibility index (Phi) is 9.24. The largest absolute Gasteiger partial charge is 0.497 e. The first-order chi connectivity index (χ1) is 16.5. The first kappa shape index (κ1) is 27.9. The molecule has 2 aliphatic rings. The summed E-state index contributed by atoms with van der Waals surface area (Å²) in [6.45, 7) is -1.64. The van der Waals surface area contributed by atoms with Crippen LogP contribution >= 0.6 is 0 Å². The molecule has 0 amide bonds. The first-order valence-electron chi connectivity index (χ1n) is 10.4. The minimum atomic E-state index is -5.09. The van der Waals surface area contributed by atoms with Crippen LogP contribution in [0.1, 0.15) is 0 Å². The van der Waals surface area contributed by atoms with Crippen LogP contribution in [-0.2, 0) is 28.8 Å². The van der Waals surface area contributed by atoms with E-state index in [1.54, 1.807) is 12.1 Å². The van der Waals surface area contributed by atoms with Gasteiger partial charge in [-0.05, 0) is 24.3 Å². The molecule has 0 bridgehead atoms. The van der Waals surface area contributed by atoms with Crippen molar-refractivity contribution in [2.45, 2.75) is 61.4 Å². The molecule has 1 aromatic rings. The lowest BCUT2D eigenvalue weighted by molar-refractivity contribution is -0.351. The number of aliphatic hydroxyl groups excluding tert-OH is 6. The Morgan fingerprint density at radius 1 is 0.800 bits per heavy atom. The van der Waals surface area contributed by atoms with Gasteiger partial charge < -0.3 is 54.3 Å². The third-order valence-corrected chi connectivity index (χ3v) is 5.94. The topological polar surface area (TPSA) is 231 Å². The fraction of sp³-hybridized carbons (Fsp3) is 0.684. The minimum Gasteiger partial charge on any atom is -0.497 e. The molecule has 3 rings (SSSR count). The Balaban J connectivity index is 1.77. The number of benzene rings is 1. The van der Waals surface area contributed by atoms with Crippen LogP contribution in [0, 0.1) is 0 Å². The van der Waals surface area contributed by atoms with Gasteiger partial charge in [0.05, 0.1) is 20.3 Å². The molecule has 0 aliphatic carbocycles. The lowest BCUT2D eigenvalue weighted by Crippen LogP contribution is -2.65. The van der Waals surface area contributed by atoms with Crippen molar-refractivity contribution in [1.82, 2.24) is 0 Å². The van der Waals surface area contributed by atoms with Crippen LogP contribution in [0.25, 0.3) is 0 Å². The molecule has 0 unspecified atom stereocenters. The molecular formula is C19H28O15S. The van der Waals surface area contributed by atoms with E-state index >= 15 is 0 Å². The molecule has 2 heterocycles. The van der Waals surface area contributed by atoms with Crippen LogP contribution in [-0.4, -0.2) is 125 Å². The number of ether oxygens (including phenoxy) is 5. The highest BCUT2D eigenvalue weighted by molar-refractivity contribution is 7.80. The van der Waals surface area contributed by atoms with Crippen LogP contribution in [0.5, 0.6) is 11.5 Å². The monoisotopic (exact) mass is 528 g/mol. The van der Waals surface area contributed by atoms with Gasteiger partial charge in [0.15, 0.2) is 6.29 Å². The number of methoxy groups -OCH3 is 1. The summed E-state index contributed by atoms with van der Waals surface area (Å²) in [5.74, 6) is 0.764. The van der Waals surface area contributed by atoms with Crippen molar-refractivity contribution in [2.24, 2.45) is 0 Å². The van der Waals surface area contributed by atoms with Crippen LogP contribution in [0.4, 0.5) is 0 Å². The molecule has 10 atom stereocenters. The zero-order valence-electron chi connectivity index (χ0n) is 18.3. The van der Waals surface area contributed by atoms with Crippen molar-refractivity contribution in [3.63, 3.8) is 0 Å². The highest BCUT2D eigenvalue weighted by Crippen LogP contribution is 2.31. The fourth-order valence-corrected chi connectivity index (χ4v) is 4.20. The van der Waals surface area contributed by atoms with E-state index in [1.807, 2.05) is 0 Å². The molecule has 2 fully saturated rings. The standard InChI is InChI=1S/C19H28O15S/c1-29-8-2-4-9(5-3-8)30-19-15(25)17(12(22)10(6-20)31-19)33-18-14(24)13(23)16(11(7-21)32-18)34-35(26,27)28/h2-5,10-25H,6-7H2,1H3,(H,26,27,28)/t10-,11-,12+,13-,14-,15-,16+,17+,18+,19-/m1/s1. The molecule has 0 aromatic heterocycles. The smallest absolute Gasteiger partial charge is 0.397 e. The van der Waals surface area contributed by atoms with Crippen LogP contribution in [0.15, 0.2) is 24.3 Å². The van der Waals surface area contributed by atoms with E-state index in [1.165, 1.54) is 19.2 Å². The minimum absolute atomic E-state index is 0.233. The van der Waals surface area contributed by atoms with Gasteiger partial charge in [-0.3, -0.25) is 4.55 Å². The van der Waals surface area contributed by atoms with E-state index in [0.29, 0.717) is 5.75 Å².